The second-order valence-corrected chi connectivity index (χ2v) is 9.64. The molecular weight excluding hydrogens is 392 g/mol. The molecule has 170 valence electrons. The smallest absolute Gasteiger partial charge is 0.408 e. The average molecular weight is 429 g/mol. The molecule has 0 saturated heterocycles. The molecule has 1 aromatic carbocycles. The third-order valence-corrected chi connectivity index (χ3v) is 4.66. The fraction of sp³-hybridized carbons (Fsp3) is 0.520. The number of carbonyl (C=O) groups is 1. The maximum absolute atomic E-state index is 12.4. The molecule has 2 aromatic rings. The Kier molecular flexibility index (Phi) is 7.93. The molecule has 0 radical (unpaired) electrons. The van der Waals surface area contributed by atoms with Gasteiger partial charge in [0.2, 0.25) is 5.88 Å². The number of methoxy groups -OCH3 is 1. The first-order chi connectivity index (χ1) is 14.4. The number of hydrogen-bond donors (Lipinski definition) is 1. The molecule has 1 N–H and O–H groups in total. The average Bonchev–Trinajstić information content (AvgIpc) is 2.64. The first kappa shape index (κ1) is 24.5. The van der Waals surface area contributed by atoms with Crippen LogP contribution in [-0.4, -0.2) is 35.9 Å². The largest absolute Gasteiger partial charge is 0.491 e. The first-order valence-corrected chi connectivity index (χ1v) is 10.7. The van der Waals surface area contributed by atoms with Gasteiger partial charge in [0.1, 0.15) is 18.0 Å². The number of hydrogen-bond acceptors (Lipinski definition) is 5. The Bertz CT molecular complexity index is 889. The Labute approximate surface area is 186 Å². The van der Waals surface area contributed by atoms with E-state index in [0.717, 1.165) is 28.9 Å². The van der Waals surface area contributed by atoms with E-state index in [4.69, 9.17) is 14.2 Å². The van der Waals surface area contributed by atoms with E-state index in [1.165, 1.54) is 0 Å². The number of amides is 1. The highest BCUT2D eigenvalue weighted by molar-refractivity contribution is 5.69. The van der Waals surface area contributed by atoms with E-state index >= 15 is 0 Å². The summed E-state index contributed by atoms with van der Waals surface area (Å²) in [4.78, 5) is 16.5. The zero-order valence-electron chi connectivity index (χ0n) is 20.0. The lowest BCUT2D eigenvalue weighted by atomic mass is 9.91. The maximum Gasteiger partial charge on any atom is 0.408 e. The van der Waals surface area contributed by atoms with E-state index in [0.29, 0.717) is 18.4 Å². The van der Waals surface area contributed by atoms with Crippen LogP contribution in [0.25, 0.3) is 11.1 Å². The topological polar surface area (TPSA) is 69.7 Å². The van der Waals surface area contributed by atoms with Crippen molar-refractivity contribution in [2.24, 2.45) is 5.92 Å². The molecular formula is C25H36N2O4. The van der Waals surface area contributed by atoms with Crippen LogP contribution in [0.5, 0.6) is 11.6 Å². The van der Waals surface area contributed by atoms with Crippen LogP contribution >= 0.6 is 0 Å². The van der Waals surface area contributed by atoms with Gasteiger partial charge in [-0.25, -0.2) is 9.78 Å². The predicted octanol–water partition coefficient (Wildman–Crippen LogP) is 5.77. The quantitative estimate of drug-likeness (QED) is 0.578. The van der Waals surface area contributed by atoms with Crippen molar-refractivity contribution in [2.75, 3.05) is 13.7 Å². The van der Waals surface area contributed by atoms with E-state index in [9.17, 15) is 4.79 Å². The van der Waals surface area contributed by atoms with Crippen LogP contribution in [0.3, 0.4) is 0 Å². The minimum atomic E-state index is -0.555. The summed E-state index contributed by atoms with van der Waals surface area (Å²) in [5, 5.41) is 3.01. The zero-order chi connectivity index (χ0) is 23.2. The summed E-state index contributed by atoms with van der Waals surface area (Å²) in [6.45, 7) is 14.1. The minimum absolute atomic E-state index is 0.341. The summed E-state index contributed by atoms with van der Waals surface area (Å²) in [6.07, 6.45) is 2.06. The van der Waals surface area contributed by atoms with Gasteiger partial charge in [-0.3, -0.25) is 0 Å². The lowest BCUT2D eigenvalue weighted by molar-refractivity contribution is 0.0408. The van der Waals surface area contributed by atoms with Crippen LogP contribution in [0.2, 0.25) is 0 Å². The normalized spacial score (nSPS) is 13.5. The summed E-state index contributed by atoms with van der Waals surface area (Å²) in [6, 6.07) is 9.90. The Hall–Kier alpha value is -2.76. The van der Waals surface area contributed by atoms with Crippen LogP contribution in [0.15, 0.2) is 36.5 Å². The number of aryl methyl sites for hydroxylation is 1. The van der Waals surface area contributed by atoms with Crippen LogP contribution in [-0.2, 0) is 4.74 Å². The van der Waals surface area contributed by atoms with E-state index in [1.54, 1.807) is 13.3 Å². The van der Waals surface area contributed by atoms with Gasteiger partial charge in [0.25, 0.3) is 0 Å². The van der Waals surface area contributed by atoms with Crippen molar-refractivity contribution in [1.29, 1.82) is 0 Å². The summed E-state index contributed by atoms with van der Waals surface area (Å²) < 4.78 is 16.8. The maximum atomic E-state index is 12.4. The first-order valence-electron chi connectivity index (χ1n) is 10.7. The van der Waals surface area contributed by atoms with Crippen LogP contribution in [0, 0.1) is 12.8 Å². The second-order valence-electron chi connectivity index (χ2n) is 9.64. The Morgan fingerprint density at radius 1 is 1.10 bits per heavy atom. The molecule has 1 atom stereocenters. The van der Waals surface area contributed by atoms with Crippen molar-refractivity contribution in [3.05, 3.63) is 42.1 Å². The molecule has 2 rings (SSSR count). The summed E-state index contributed by atoms with van der Waals surface area (Å²) in [5.74, 6) is 1.74. The van der Waals surface area contributed by atoms with Gasteiger partial charge in [0, 0.05) is 12.3 Å². The van der Waals surface area contributed by atoms with Gasteiger partial charge in [0.05, 0.1) is 12.6 Å². The van der Waals surface area contributed by atoms with E-state index in [1.807, 2.05) is 58.9 Å². The number of nitrogens with one attached hydrogen (secondary N) is 1. The summed E-state index contributed by atoms with van der Waals surface area (Å²) >= 11 is 0. The lowest BCUT2D eigenvalue weighted by Crippen LogP contribution is -2.52. The minimum Gasteiger partial charge on any atom is -0.491 e. The molecule has 1 heterocycles. The number of carbonyl (C=O) groups excluding carboxylic acids is 1. The van der Waals surface area contributed by atoms with E-state index < -0.39 is 17.2 Å². The molecule has 0 fully saturated rings. The number of rotatable bonds is 8. The highest BCUT2D eigenvalue weighted by atomic mass is 16.6. The van der Waals surface area contributed by atoms with E-state index in [-0.39, 0.29) is 0 Å². The van der Waals surface area contributed by atoms with Crippen LogP contribution in [0.1, 0.15) is 53.5 Å². The Balaban J connectivity index is 2.14. The third kappa shape index (κ3) is 7.78. The molecule has 0 aliphatic carbocycles. The third-order valence-electron chi connectivity index (χ3n) is 4.66. The summed E-state index contributed by atoms with van der Waals surface area (Å²) in [5.41, 5.74) is 1.99. The number of pyridine rings is 1. The zero-order valence-corrected chi connectivity index (χ0v) is 20.0. The molecule has 1 unspecified atom stereocenters. The molecule has 6 heteroatoms. The molecule has 0 bridgehead atoms. The number of nitrogens with zero attached hydrogens (tertiary/aromatic N) is 1. The second kappa shape index (κ2) is 10.0. The Morgan fingerprint density at radius 3 is 2.35 bits per heavy atom. The predicted molar refractivity (Wildman–Crippen MR) is 124 cm³/mol. The Morgan fingerprint density at radius 2 is 1.77 bits per heavy atom. The SMILES string of the molecule is COc1cc(-c2ccc(OCC(C)(CC(C)C)NC(=O)OC(C)(C)C)c(C)c2)ccn1. The molecule has 31 heavy (non-hydrogen) atoms. The van der Waals surface area contributed by atoms with Gasteiger partial charge in [-0.2, -0.15) is 0 Å². The highest BCUT2D eigenvalue weighted by Gasteiger charge is 2.31. The van der Waals surface area contributed by atoms with Gasteiger partial charge in [0.15, 0.2) is 0 Å². The van der Waals surface area contributed by atoms with Gasteiger partial charge in [-0.15, -0.1) is 0 Å². The number of ether oxygens (including phenoxy) is 3. The fourth-order valence-electron chi connectivity index (χ4n) is 3.53. The molecule has 0 aliphatic rings. The summed E-state index contributed by atoms with van der Waals surface area (Å²) in [7, 11) is 1.60. The molecule has 0 saturated carbocycles. The van der Waals surface area contributed by atoms with Gasteiger partial charge in [-0.1, -0.05) is 19.9 Å². The van der Waals surface area contributed by atoms with Crippen LogP contribution in [0.4, 0.5) is 4.79 Å². The molecule has 1 amide bonds. The standard InChI is InChI=1S/C25H36N2O4/c1-17(2)15-25(7,27-23(28)31-24(4,5)6)16-30-21-10-9-19(13-18(21)3)20-11-12-26-22(14-20)29-8/h9-14,17H,15-16H2,1-8H3,(H,27,28). The van der Waals surface area contributed by atoms with E-state index in [2.05, 4.69) is 30.2 Å². The van der Waals surface area contributed by atoms with Crippen molar-refractivity contribution in [1.82, 2.24) is 10.3 Å². The van der Waals surface area contributed by atoms with Gasteiger partial charge < -0.3 is 19.5 Å². The van der Waals surface area contributed by atoms with Crippen LogP contribution < -0.4 is 14.8 Å². The van der Waals surface area contributed by atoms with Crippen molar-refractivity contribution in [3.63, 3.8) is 0 Å². The highest BCUT2D eigenvalue weighted by Crippen LogP contribution is 2.29. The number of benzene rings is 1. The van der Waals surface area contributed by atoms with Crippen molar-refractivity contribution in [2.45, 2.75) is 66.0 Å². The fourth-order valence-corrected chi connectivity index (χ4v) is 3.53. The molecule has 0 aliphatic heterocycles. The monoisotopic (exact) mass is 428 g/mol. The lowest BCUT2D eigenvalue weighted by Gasteiger charge is -2.33. The number of aromatic nitrogens is 1. The van der Waals surface area contributed by atoms with Gasteiger partial charge >= 0.3 is 6.09 Å². The van der Waals surface area contributed by atoms with Gasteiger partial charge in [-0.05, 0) is 81.8 Å². The molecule has 0 spiro atoms. The van der Waals surface area contributed by atoms with Crippen molar-refractivity contribution in [3.8, 4) is 22.8 Å². The molecule has 6 nitrogen and oxygen atoms in total. The van der Waals surface area contributed by atoms with Crippen molar-refractivity contribution < 1.29 is 19.0 Å². The van der Waals surface area contributed by atoms with Crippen molar-refractivity contribution >= 4 is 6.09 Å². The number of alkyl carbamates (subject to hydrolysis) is 1. The molecule has 1 aromatic heterocycles.